The summed E-state index contributed by atoms with van der Waals surface area (Å²) in [6.45, 7) is 6.28. The van der Waals surface area contributed by atoms with Crippen LogP contribution in [0.1, 0.15) is 30.5 Å². The van der Waals surface area contributed by atoms with Gasteiger partial charge in [0.25, 0.3) is 0 Å². The van der Waals surface area contributed by atoms with Crippen LogP contribution >= 0.6 is 15.9 Å². The highest BCUT2D eigenvalue weighted by Gasteiger charge is 2.34. The summed E-state index contributed by atoms with van der Waals surface area (Å²) in [4.78, 5) is 2.41. The summed E-state index contributed by atoms with van der Waals surface area (Å²) >= 11 is 3.61. The first-order chi connectivity index (χ1) is 8.52. The molecule has 2 N–H and O–H groups in total. The summed E-state index contributed by atoms with van der Waals surface area (Å²) in [5.41, 5.74) is 8.55. The van der Waals surface area contributed by atoms with Crippen molar-refractivity contribution in [2.75, 3.05) is 20.1 Å². The van der Waals surface area contributed by atoms with Crippen LogP contribution in [-0.2, 0) is 0 Å². The quantitative estimate of drug-likeness (QED) is 0.903. The molecule has 1 aliphatic carbocycles. The van der Waals surface area contributed by atoms with E-state index < -0.39 is 0 Å². The predicted octanol–water partition coefficient (Wildman–Crippen LogP) is 3.35. The maximum atomic E-state index is 5.97. The summed E-state index contributed by atoms with van der Waals surface area (Å²) < 4.78 is 1.17. The van der Waals surface area contributed by atoms with Crippen LogP contribution in [0.25, 0.3) is 0 Å². The van der Waals surface area contributed by atoms with Crippen LogP contribution in [0.3, 0.4) is 0 Å². The van der Waals surface area contributed by atoms with Gasteiger partial charge in [-0.05, 0) is 49.4 Å². The summed E-state index contributed by atoms with van der Waals surface area (Å²) in [6.07, 6.45) is 1.37. The van der Waals surface area contributed by atoms with Crippen molar-refractivity contribution in [3.8, 4) is 0 Å². The van der Waals surface area contributed by atoms with E-state index in [1.165, 1.54) is 22.0 Å². The molecule has 2 nitrogen and oxygen atoms in total. The molecule has 18 heavy (non-hydrogen) atoms. The van der Waals surface area contributed by atoms with E-state index in [1.54, 1.807) is 0 Å². The molecule has 1 aliphatic rings. The third kappa shape index (κ3) is 3.14. The summed E-state index contributed by atoms with van der Waals surface area (Å²) in [7, 11) is 2.19. The van der Waals surface area contributed by atoms with Gasteiger partial charge in [-0.3, -0.25) is 4.90 Å². The lowest BCUT2D eigenvalue weighted by Gasteiger charge is -2.28. The lowest BCUT2D eigenvalue weighted by molar-refractivity contribution is 0.237. The summed E-state index contributed by atoms with van der Waals surface area (Å²) in [6, 6.07) is 6.90. The van der Waals surface area contributed by atoms with E-state index >= 15 is 0 Å². The first-order valence-corrected chi connectivity index (χ1v) is 7.48. The molecule has 0 aromatic heterocycles. The zero-order chi connectivity index (χ0) is 13.3. The monoisotopic (exact) mass is 310 g/mol. The maximum Gasteiger partial charge on any atom is 0.0467 e. The van der Waals surface area contributed by atoms with Gasteiger partial charge >= 0.3 is 0 Å². The van der Waals surface area contributed by atoms with Gasteiger partial charge in [-0.2, -0.15) is 0 Å². The Bertz CT molecular complexity index is 419. The van der Waals surface area contributed by atoms with Crippen molar-refractivity contribution in [1.82, 2.24) is 4.90 Å². The fourth-order valence-electron chi connectivity index (χ4n) is 2.54. The third-order valence-electron chi connectivity index (χ3n) is 4.13. The highest BCUT2D eigenvalue weighted by atomic mass is 79.9. The van der Waals surface area contributed by atoms with Crippen LogP contribution in [0.15, 0.2) is 22.7 Å². The van der Waals surface area contributed by atoms with Crippen LogP contribution in [0, 0.1) is 18.8 Å². The fourth-order valence-corrected chi connectivity index (χ4v) is 2.93. The predicted molar refractivity (Wildman–Crippen MR) is 80.6 cm³/mol. The Morgan fingerprint density at radius 2 is 2.17 bits per heavy atom. The van der Waals surface area contributed by atoms with E-state index in [0.717, 1.165) is 18.4 Å². The normalized spacial score (nSPS) is 24.3. The van der Waals surface area contributed by atoms with Crippen molar-refractivity contribution in [2.24, 2.45) is 17.6 Å². The second kappa shape index (κ2) is 5.72. The number of aryl methyl sites for hydroxylation is 1. The molecule has 3 unspecified atom stereocenters. The number of nitrogens with zero attached hydrogens (tertiary/aromatic N) is 1. The number of likely N-dealkylation sites (N-methyl/N-ethyl adjacent to an activating group) is 1. The van der Waals surface area contributed by atoms with Crippen LogP contribution in [0.5, 0.6) is 0 Å². The Hall–Kier alpha value is -0.380. The molecule has 0 amide bonds. The maximum absolute atomic E-state index is 5.97. The van der Waals surface area contributed by atoms with E-state index in [-0.39, 0.29) is 0 Å². The number of nitrogens with two attached hydrogens (primary N) is 1. The zero-order valence-electron chi connectivity index (χ0n) is 11.5. The largest absolute Gasteiger partial charge is 0.329 e. The molecular weight excluding hydrogens is 288 g/mol. The fraction of sp³-hybridized carbons (Fsp3) is 0.600. The smallest absolute Gasteiger partial charge is 0.0467 e. The average molecular weight is 311 g/mol. The van der Waals surface area contributed by atoms with E-state index in [4.69, 9.17) is 5.73 Å². The molecule has 0 bridgehead atoms. The lowest BCUT2D eigenvalue weighted by atomic mass is 10.0. The van der Waals surface area contributed by atoms with Crippen LogP contribution in [0.2, 0.25) is 0 Å². The molecule has 0 spiro atoms. The molecule has 100 valence electrons. The van der Waals surface area contributed by atoms with Gasteiger partial charge < -0.3 is 5.73 Å². The highest BCUT2D eigenvalue weighted by molar-refractivity contribution is 9.10. The molecule has 0 aliphatic heterocycles. The van der Waals surface area contributed by atoms with Gasteiger partial charge in [-0.1, -0.05) is 35.0 Å². The first-order valence-electron chi connectivity index (χ1n) is 6.69. The second-order valence-electron chi connectivity index (χ2n) is 5.67. The molecule has 0 saturated heterocycles. The molecule has 3 heteroatoms. The molecular formula is C15H23BrN2. The molecule has 1 fully saturated rings. The van der Waals surface area contributed by atoms with E-state index in [1.807, 2.05) is 0 Å². The zero-order valence-corrected chi connectivity index (χ0v) is 13.1. The number of rotatable bonds is 5. The summed E-state index contributed by atoms with van der Waals surface area (Å²) in [5.74, 6) is 1.77. The Morgan fingerprint density at radius 3 is 2.67 bits per heavy atom. The molecule has 1 aromatic rings. The topological polar surface area (TPSA) is 29.3 Å². The second-order valence-corrected chi connectivity index (χ2v) is 6.53. The van der Waals surface area contributed by atoms with Crippen molar-refractivity contribution in [3.05, 3.63) is 33.8 Å². The van der Waals surface area contributed by atoms with Gasteiger partial charge in [0.2, 0.25) is 0 Å². The van der Waals surface area contributed by atoms with Crippen molar-refractivity contribution in [2.45, 2.75) is 26.3 Å². The van der Waals surface area contributed by atoms with Crippen LogP contribution in [0.4, 0.5) is 0 Å². The Kier molecular flexibility index (Phi) is 4.46. The number of benzene rings is 1. The van der Waals surface area contributed by atoms with Crippen molar-refractivity contribution >= 4 is 15.9 Å². The molecule has 1 aromatic carbocycles. The van der Waals surface area contributed by atoms with Gasteiger partial charge in [0, 0.05) is 23.6 Å². The number of hydrogen-bond acceptors (Lipinski definition) is 2. The van der Waals surface area contributed by atoms with Crippen molar-refractivity contribution in [3.63, 3.8) is 0 Å². The Labute approximate surface area is 119 Å². The van der Waals surface area contributed by atoms with Gasteiger partial charge in [0.05, 0.1) is 0 Å². The SMILES string of the molecule is Cc1ccc(C(CN)N(C)CC2CC2C)cc1Br. The van der Waals surface area contributed by atoms with Crippen LogP contribution in [-0.4, -0.2) is 25.0 Å². The van der Waals surface area contributed by atoms with Gasteiger partial charge in [-0.15, -0.1) is 0 Å². The van der Waals surface area contributed by atoms with Gasteiger partial charge in [0.1, 0.15) is 0 Å². The molecule has 3 atom stereocenters. The van der Waals surface area contributed by atoms with Gasteiger partial charge in [-0.25, -0.2) is 0 Å². The van der Waals surface area contributed by atoms with Crippen molar-refractivity contribution in [1.29, 1.82) is 0 Å². The standard InChI is InChI=1S/C15H23BrN2/c1-10-4-5-12(7-14(10)16)15(8-17)18(3)9-13-6-11(13)2/h4-5,7,11,13,15H,6,8-9,17H2,1-3H3. The lowest BCUT2D eigenvalue weighted by Crippen LogP contribution is -2.32. The minimum Gasteiger partial charge on any atom is -0.329 e. The van der Waals surface area contributed by atoms with Crippen molar-refractivity contribution < 1.29 is 0 Å². The minimum atomic E-state index is 0.328. The Morgan fingerprint density at radius 1 is 1.50 bits per heavy atom. The number of halogens is 1. The molecule has 1 saturated carbocycles. The average Bonchev–Trinajstić information content (AvgIpc) is 3.00. The van der Waals surface area contributed by atoms with E-state index in [0.29, 0.717) is 12.6 Å². The van der Waals surface area contributed by atoms with Gasteiger partial charge in [0.15, 0.2) is 0 Å². The van der Waals surface area contributed by atoms with Crippen LogP contribution < -0.4 is 5.73 Å². The molecule has 2 rings (SSSR count). The highest BCUT2D eigenvalue weighted by Crippen LogP contribution is 2.39. The third-order valence-corrected chi connectivity index (χ3v) is 4.99. The Balaban J connectivity index is 2.08. The first kappa shape index (κ1) is 14.0. The van der Waals surface area contributed by atoms with E-state index in [9.17, 15) is 0 Å². The molecule has 0 radical (unpaired) electrons. The number of hydrogen-bond donors (Lipinski definition) is 1. The minimum absolute atomic E-state index is 0.328. The van der Waals surface area contributed by atoms with E-state index in [2.05, 4.69) is 59.9 Å². The summed E-state index contributed by atoms with van der Waals surface area (Å²) in [5, 5.41) is 0. The molecule has 0 heterocycles.